The second-order valence-corrected chi connectivity index (χ2v) is 3.71. The van der Waals surface area contributed by atoms with Crippen LogP contribution < -0.4 is 5.73 Å². The van der Waals surface area contributed by atoms with E-state index in [9.17, 15) is 9.18 Å². The van der Waals surface area contributed by atoms with Crippen LogP contribution in [0.1, 0.15) is 10.4 Å². The third kappa shape index (κ3) is 1.13. The van der Waals surface area contributed by atoms with E-state index in [4.69, 9.17) is 10.8 Å². The van der Waals surface area contributed by atoms with Crippen LogP contribution in [0, 0.1) is 5.82 Å². The Bertz CT molecular complexity index is 521. The van der Waals surface area contributed by atoms with Crippen molar-refractivity contribution in [3.05, 3.63) is 28.9 Å². The van der Waals surface area contributed by atoms with Gasteiger partial charge in [0.05, 0.1) is 16.6 Å². The number of fused-ring (bicyclic) bond motifs is 1. The molecule has 0 radical (unpaired) electrons. The lowest BCUT2D eigenvalue weighted by atomic mass is 10.1. The molecule has 0 atom stereocenters. The van der Waals surface area contributed by atoms with Crippen molar-refractivity contribution in [3.63, 3.8) is 0 Å². The second kappa shape index (κ2) is 2.95. The standard InChI is InChI=1S/C9H6FNO2S/c10-8-4(9(12)13)1-2-6-7(8)5(11)3-14-6/h1-3H,11H2,(H,12,13). The smallest absolute Gasteiger partial charge is 0.338 e. The van der Waals surface area contributed by atoms with E-state index in [0.717, 1.165) is 0 Å². The number of carbonyl (C=O) groups is 1. The molecule has 3 N–H and O–H groups in total. The Morgan fingerprint density at radius 3 is 2.86 bits per heavy atom. The molecule has 0 aliphatic carbocycles. The molecule has 2 rings (SSSR count). The van der Waals surface area contributed by atoms with Gasteiger partial charge in [-0.05, 0) is 12.1 Å². The van der Waals surface area contributed by atoms with Gasteiger partial charge >= 0.3 is 5.97 Å². The number of nitrogens with two attached hydrogens (primary N) is 1. The van der Waals surface area contributed by atoms with E-state index in [2.05, 4.69) is 0 Å². The quantitative estimate of drug-likeness (QED) is 0.760. The summed E-state index contributed by atoms with van der Waals surface area (Å²) in [6, 6.07) is 2.80. The number of thiophene rings is 1. The predicted molar refractivity (Wildman–Crippen MR) is 53.2 cm³/mol. The number of hydrogen-bond acceptors (Lipinski definition) is 3. The summed E-state index contributed by atoms with van der Waals surface area (Å²) in [5.41, 5.74) is 5.46. The van der Waals surface area contributed by atoms with Crippen LogP contribution in [0.15, 0.2) is 17.5 Å². The molecule has 0 amide bonds. The highest BCUT2D eigenvalue weighted by molar-refractivity contribution is 7.17. The van der Waals surface area contributed by atoms with Crippen molar-refractivity contribution in [1.82, 2.24) is 0 Å². The Morgan fingerprint density at radius 2 is 2.21 bits per heavy atom. The van der Waals surface area contributed by atoms with Gasteiger partial charge in [-0.25, -0.2) is 9.18 Å². The molecule has 0 fully saturated rings. The number of aromatic carboxylic acids is 1. The van der Waals surface area contributed by atoms with Gasteiger partial charge in [-0.3, -0.25) is 0 Å². The number of carboxylic acid groups (broad SMARTS) is 1. The van der Waals surface area contributed by atoms with Crippen molar-refractivity contribution < 1.29 is 14.3 Å². The molecular formula is C9H6FNO2S. The highest BCUT2D eigenvalue weighted by atomic mass is 32.1. The average Bonchev–Trinajstić information content (AvgIpc) is 2.48. The normalized spacial score (nSPS) is 10.6. The first-order valence-corrected chi connectivity index (χ1v) is 4.67. The lowest BCUT2D eigenvalue weighted by molar-refractivity contribution is 0.0692. The van der Waals surface area contributed by atoms with Gasteiger partial charge in [0.1, 0.15) is 5.82 Å². The Hall–Kier alpha value is -1.62. The fraction of sp³-hybridized carbons (Fsp3) is 0. The summed E-state index contributed by atoms with van der Waals surface area (Å²) in [6.45, 7) is 0. The fourth-order valence-corrected chi connectivity index (χ4v) is 2.12. The van der Waals surface area contributed by atoms with Gasteiger partial charge in [-0.2, -0.15) is 0 Å². The maximum atomic E-state index is 13.6. The highest BCUT2D eigenvalue weighted by Gasteiger charge is 2.15. The zero-order valence-corrected chi connectivity index (χ0v) is 7.77. The van der Waals surface area contributed by atoms with E-state index < -0.39 is 11.8 Å². The Morgan fingerprint density at radius 1 is 1.50 bits per heavy atom. The number of halogens is 1. The van der Waals surface area contributed by atoms with Gasteiger partial charge in [-0.15, -0.1) is 11.3 Å². The molecule has 0 saturated heterocycles. The van der Waals surface area contributed by atoms with Crippen LogP contribution in [-0.2, 0) is 0 Å². The summed E-state index contributed by atoms with van der Waals surface area (Å²) >= 11 is 1.29. The van der Waals surface area contributed by atoms with E-state index >= 15 is 0 Å². The van der Waals surface area contributed by atoms with Crippen molar-refractivity contribution in [2.75, 3.05) is 5.73 Å². The van der Waals surface area contributed by atoms with E-state index in [1.54, 1.807) is 11.4 Å². The van der Waals surface area contributed by atoms with Crippen molar-refractivity contribution >= 4 is 33.1 Å². The van der Waals surface area contributed by atoms with Gasteiger partial charge in [0.25, 0.3) is 0 Å². The number of rotatable bonds is 1. The molecule has 1 aromatic carbocycles. The van der Waals surface area contributed by atoms with Crippen LogP contribution in [0.25, 0.3) is 10.1 Å². The third-order valence-electron chi connectivity index (χ3n) is 1.94. The Balaban J connectivity index is 2.86. The van der Waals surface area contributed by atoms with E-state index in [-0.39, 0.29) is 16.6 Å². The molecule has 14 heavy (non-hydrogen) atoms. The molecule has 0 spiro atoms. The molecule has 3 nitrogen and oxygen atoms in total. The maximum Gasteiger partial charge on any atom is 0.338 e. The molecule has 5 heteroatoms. The SMILES string of the molecule is Nc1csc2ccc(C(=O)O)c(F)c12. The molecule has 0 saturated carbocycles. The van der Waals surface area contributed by atoms with Crippen molar-refractivity contribution in [1.29, 1.82) is 0 Å². The third-order valence-corrected chi connectivity index (χ3v) is 2.90. The van der Waals surface area contributed by atoms with E-state index in [0.29, 0.717) is 4.70 Å². The zero-order valence-electron chi connectivity index (χ0n) is 6.95. The predicted octanol–water partition coefficient (Wildman–Crippen LogP) is 2.32. The minimum absolute atomic E-state index is 0.204. The van der Waals surface area contributed by atoms with Crippen LogP contribution in [0.4, 0.5) is 10.1 Å². The van der Waals surface area contributed by atoms with Gasteiger partial charge in [0.15, 0.2) is 0 Å². The molecule has 0 unspecified atom stereocenters. The summed E-state index contributed by atoms with van der Waals surface area (Å²) in [5, 5.41) is 10.5. The van der Waals surface area contributed by atoms with Crippen LogP contribution in [0.5, 0.6) is 0 Å². The summed E-state index contributed by atoms with van der Waals surface area (Å²) < 4.78 is 14.2. The molecule has 0 aliphatic rings. The molecule has 1 aromatic heterocycles. The van der Waals surface area contributed by atoms with E-state index in [1.165, 1.54) is 17.4 Å². The minimum Gasteiger partial charge on any atom is -0.478 e. The molecule has 1 heterocycles. The lowest BCUT2D eigenvalue weighted by Gasteiger charge is -1.99. The maximum absolute atomic E-state index is 13.6. The Kier molecular flexibility index (Phi) is 1.89. The molecular weight excluding hydrogens is 205 g/mol. The zero-order chi connectivity index (χ0) is 10.3. The monoisotopic (exact) mass is 211 g/mol. The first-order valence-electron chi connectivity index (χ1n) is 3.79. The first kappa shape index (κ1) is 8.96. The highest BCUT2D eigenvalue weighted by Crippen LogP contribution is 2.31. The van der Waals surface area contributed by atoms with Gasteiger partial charge in [0.2, 0.25) is 0 Å². The van der Waals surface area contributed by atoms with Gasteiger partial charge in [0, 0.05) is 10.1 Å². The summed E-state index contributed by atoms with van der Waals surface area (Å²) in [4.78, 5) is 10.6. The lowest BCUT2D eigenvalue weighted by Crippen LogP contribution is -2.00. The largest absolute Gasteiger partial charge is 0.478 e. The van der Waals surface area contributed by atoms with Crippen molar-refractivity contribution in [3.8, 4) is 0 Å². The van der Waals surface area contributed by atoms with E-state index in [1.807, 2.05) is 0 Å². The van der Waals surface area contributed by atoms with Gasteiger partial charge < -0.3 is 10.8 Å². The van der Waals surface area contributed by atoms with Crippen LogP contribution in [-0.4, -0.2) is 11.1 Å². The minimum atomic E-state index is -1.28. The number of hydrogen-bond donors (Lipinski definition) is 2. The molecule has 0 aliphatic heterocycles. The fourth-order valence-electron chi connectivity index (χ4n) is 1.28. The van der Waals surface area contributed by atoms with Crippen molar-refractivity contribution in [2.45, 2.75) is 0 Å². The summed E-state index contributed by atoms with van der Waals surface area (Å²) in [7, 11) is 0. The second-order valence-electron chi connectivity index (χ2n) is 2.80. The van der Waals surface area contributed by atoms with Crippen LogP contribution >= 0.6 is 11.3 Å². The summed E-state index contributed by atoms with van der Waals surface area (Å²) in [5.74, 6) is -2.04. The molecule has 0 bridgehead atoms. The van der Waals surface area contributed by atoms with Crippen molar-refractivity contribution in [2.24, 2.45) is 0 Å². The Labute approximate surface area is 82.6 Å². The first-order chi connectivity index (χ1) is 6.61. The van der Waals surface area contributed by atoms with Gasteiger partial charge in [-0.1, -0.05) is 0 Å². The molecule has 72 valence electrons. The number of benzene rings is 1. The van der Waals surface area contributed by atoms with Crippen LogP contribution in [0.2, 0.25) is 0 Å². The topological polar surface area (TPSA) is 63.3 Å². The number of nitrogen functional groups attached to an aromatic ring is 1. The number of carboxylic acids is 1. The average molecular weight is 211 g/mol. The molecule has 2 aromatic rings. The number of anilines is 1. The summed E-state index contributed by atoms with van der Waals surface area (Å²) in [6.07, 6.45) is 0. The van der Waals surface area contributed by atoms with Crippen LogP contribution in [0.3, 0.4) is 0 Å².